The normalized spacial score (nSPS) is 11.8. The van der Waals surface area contributed by atoms with E-state index in [9.17, 15) is 4.79 Å². The van der Waals surface area contributed by atoms with Gasteiger partial charge in [-0.1, -0.05) is 34.3 Å². The standard InChI is InChI=1S/C10H19NO/c1-7(2)6-10(4,5)8(3)9(11)12/h7H,3,6H2,1-2,4-5H3,(H2,11,12). The second-order valence-electron chi connectivity index (χ2n) is 4.32. The quantitative estimate of drug-likeness (QED) is 0.643. The second-order valence-corrected chi connectivity index (χ2v) is 4.32. The summed E-state index contributed by atoms with van der Waals surface area (Å²) in [6.07, 6.45) is 0.939. The number of rotatable bonds is 4. The third kappa shape index (κ3) is 3.07. The Morgan fingerprint density at radius 1 is 1.50 bits per heavy atom. The molecule has 0 aromatic rings. The van der Waals surface area contributed by atoms with E-state index in [4.69, 9.17) is 5.73 Å². The third-order valence-electron chi connectivity index (χ3n) is 2.03. The number of hydrogen-bond donors (Lipinski definition) is 1. The van der Waals surface area contributed by atoms with Crippen molar-refractivity contribution in [3.8, 4) is 0 Å². The summed E-state index contributed by atoms with van der Waals surface area (Å²) < 4.78 is 0. The predicted octanol–water partition coefficient (Wildman–Crippen LogP) is 2.10. The van der Waals surface area contributed by atoms with E-state index in [1.807, 2.05) is 13.8 Å². The number of nitrogens with two attached hydrogens (primary N) is 1. The van der Waals surface area contributed by atoms with Crippen LogP contribution in [0.4, 0.5) is 0 Å². The maximum atomic E-state index is 10.9. The molecule has 12 heavy (non-hydrogen) atoms. The van der Waals surface area contributed by atoms with Crippen LogP contribution >= 0.6 is 0 Å². The van der Waals surface area contributed by atoms with Gasteiger partial charge in [0.15, 0.2) is 0 Å². The van der Waals surface area contributed by atoms with Crippen molar-refractivity contribution in [2.75, 3.05) is 0 Å². The van der Waals surface area contributed by atoms with Crippen LogP contribution in [0, 0.1) is 11.3 Å². The molecule has 0 saturated carbocycles. The molecule has 0 atom stereocenters. The van der Waals surface area contributed by atoms with Crippen LogP contribution < -0.4 is 5.73 Å². The summed E-state index contributed by atoms with van der Waals surface area (Å²) in [7, 11) is 0. The summed E-state index contributed by atoms with van der Waals surface area (Å²) in [5, 5.41) is 0. The van der Waals surface area contributed by atoms with Crippen LogP contribution in [0.15, 0.2) is 12.2 Å². The van der Waals surface area contributed by atoms with Crippen LogP contribution in [-0.2, 0) is 4.79 Å². The van der Waals surface area contributed by atoms with Gasteiger partial charge < -0.3 is 5.73 Å². The molecule has 0 saturated heterocycles. The third-order valence-corrected chi connectivity index (χ3v) is 2.03. The number of carbonyl (C=O) groups excluding carboxylic acids is 1. The minimum atomic E-state index is -0.388. The van der Waals surface area contributed by atoms with E-state index in [1.54, 1.807) is 0 Å². The molecule has 0 rings (SSSR count). The summed E-state index contributed by atoms with van der Waals surface area (Å²) in [6, 6.07) is 0. The number of primary amides is 1. The molecule has 0 heterocycles. The highest BCUT2D eigenvalue weighted by Crippen LogP contribution is 2.31. The minimum absolute atomic E-state index is 0.167. The summed E-state index contributed by atoms with van der Waals surface area (Å²) in [4.78, 5) is 10.9. The van der Waals surface area contributed by atoms with Crippen LogP contribution in [0.25, 0.3) is 0 Å². The first-order chi connectivity index (χ1) is 5.27. The van der Waals surface area contributed by atoms with Gasteiger partial charge in [0.2, 0.25) is 5.91 Å². The van der Waals surface area contributed by atoms with E-state index >= 15 is 0 Å². The molecule has 0 fully saturated rings. The highest BCUT2D eigenvalue weighted by Gasteiger charge is 2.25. The van der Waals surface area contributed by atoms with Crippen molar-refractivity contribution in [2.24, 2.45) is 17.1 Å². The molecule has 0 radical (unpaired) electrons. The van der Waals surface area contributed by atoms with Crippen molar-refractivity contribution in [2.45, 2.75) is 34.1 Å². The van der Waals surface area contributed by atoms with Gasteiger partial charge in [-0.15, -0.1) is 0 Å². The van der Waals surface area contributed by atoms with E-state index in [2.05, 4.69) is 20.4 Å². The maximum absolute atomic E-state index is 10.9. The number of carbonyl (C=O) groups is 1. The van der Waals surface area contributed by atoms with Crippen molar-refractivity contribution >= 4 is 5.91 Å². The van der Waals surface area contributed by atoms with E-state index in [0.29, 0.717) is 11.5 Å². The van der Waals surface area contributed by atoms with Gasteiger partial charge in [0, 0.05) is 5.57 Å². The SMILES string of the molecule is C=C(C(N)=O)C(C)(C)CC(C)C. The molecule has 0 unspecified atom stereocenters. The molecule has 2 heteroatoms. The molecular formula is C10H19NO. The molecule has 0 spiro atoms. The first kappa shape index (κ1) is 11.2. The predicted molar refractivity (Wildman–Crippen MR) is 51.6 cm³/mol. The molecule has 0 aromatic carbocycles. The van der Waals surface area contributed by atoms with Crippen LogP contribution in [0.5, 0.6) is 0 Å². The number of hydrogen-bond acceptors (Lipinski definition) is 1. The summed E-state index contributed by atoms with van der Waals surface area (Å²) in [6.45, 7) is 11.9. The lowest BCUT2D eigenvalue weighted by Gasteiger charge is -2.27. The molecule has 70 valence electrons. The zero-order valence-corrected chi connectivity index (χ0v) is 8.48. The topological polar surface area (TPSA) is 43.1 Å². The van der Waals surface area contributed by atoms with Crippen LogP contribution in [-0.4, -0.2) is 5.91 Å². The Bertz CT molecular complexity index is 192. The van der Waals surface area contributed by atoms with E-state index in [-0.39, 0.29) is 11.3 Å². The van der Waals surface area contributed by atoms with Crippen molar-refractivity contribution in [3.63, 3.8) is 0 Å². The molecule has 2 nitrogen and oxygen atoms in total. The Morgan fingerprint density at radius 3 is 2.17 bits per heavy atom. The zero-order valence-electron chi connectivity index (χ0n) is 8.48. The zero-order chi connectivity index (χ0) is 9.94. The van der Waals surface area contributed by atoms with Gasteiger partial charge in [-0.25, -0.2) is 0 Å². The molecule has 1 amide bonds. The fourth-order valence-electron chi connectivity index (χ4n) is 1.48. The smallest absolute Gasteiger partial charge is 0.244 e. The maximum Gasteiger partial charge on any atom is 0.244 e. The Labute approximate surface area is 74.8 Å². The van der Waals surface area contributed by atoms with Crippen LogP contribution in [0.1, 0.15) is 34.1 Å². The molecule has 2 N–H and O–H groups in total. The number of amides is 1. The lowest BCUT2D eigenvalue weighted by atomic mass is 9.78. The lowest BCUT2D eigenvalue weighted by molar-refractivity contribution is -0.115. The van der Waals surface area contributed by atoms with Gasteiger partial charge in [0.1, 0.15) is 0 Å². The van der Waals surface area contributed by atoms with Gasteiger partial charge in [0.05, 0.1) is 0 Å². The minimum Gasteiger partial charge on any atom is -0.366 e. The van der Waals surface area contributed by atoms with Gasteiger partial charge in [-0.3, -0.25) is 4.79 Å². The second kappa shape index (κ2) is 3.74. The first-order valence-electron chi connectivity index (χ1n) is 4.26. The summed E-state index contributed by atoms with van der Waals surface area (Å²) >= 11 is 0. The average molecular weight is 169 g/mol. The van der Waals surface area contributed by atoms with E-state index in [1.165, 1.54) is 0 Å². The van der Waals surface area contributed by atoms with Crippen molar-refractivity contribution in [1.82, 2.24) is 0 Å². The Balaban J connectivity index is 4.39. The van der Waals surface area contributed by atoms with E-state index in [0.717, 1.165) is 6.42 Å². The lowest BCUT2D eigenvalue weighted by Crippen LogP contribution is -2.27. The first-order valence-corrected chi connectivity index (χ1v) is 4.26. The fraction of sp³-hybridized carbons (Fsp3) is 0.700. The van der Waals surface area contributed by atoms with Crippen molar-refractivity contribution in [3.05, 3.63) is 12.2 Å². The van der Waals surface area contributed by atoms with Crippen molar-refractivity contribution < 1.29 is 4.79 Å². The highest BCUT2D eigenvalue weighted by atomic mass is 16.1. The largest absolute Gasteiger partial charge is 0.366 e. The summed E-state index contributed by atoms with van der Waals surface area (Å²) in [5.41, 5.74) is 5.52. The van der Waals surface area contributed by atoms with Crippen LogP contribution in [0.2, 0.25) is 0 Å². The Hall–Kier alpha value is -0.790. The molecule has 0 aromatic heterocycles. The monoisotopic (exact) mass is 169 g/mol. The van der Waals surface area contributed by atoms with Crippen molar-refractivity contribution in [1.29, 1.82) is 0 Å². The highest BCUT2D eigenvalue weighted by molar-refractivity contribution is 5.92. The molecule has 0 aliphatic carbocycles. The molecule has 0 aliphatic heterocycles. The van der Waals surface area contributed by atoms with E-state index < -0.39 is 0 Å². The Kier molecular flexibility index (Phi) is 3.50. The summed E-state index contributed by atoms with van der Waals surface area (Å²) in [5.74, 6) is 0.164. The van der Waals surface area contributed by atoms with Gasteiger partial charge in [0.25, 0.3) is 0 Å². The molecule has 0 bridgehead atoms. The fourth-order valence-corrected chi connectivity index (χ4v) is 1.48. The van der Waals surface area contributed by atoms with Crippen LogP contribution in [0.3, 0.4) is 0 Å². The van der Waals surface area contributed by atoms with Gasteiger partial charge in [-0.05, 0) is 17.8 Å². The Morgan fingerprint density at radius 2 is 1.92 bits per heavy atom. The molecular weight excluding hydrogens is 150 g/mol. The average Bonchev–Trinajstić information content (AvgIpc) is 1.82. The van der Waals surface area contributed by atoms with Gasteiger partial charge >= 0.3 is 0 Å². The van der Waals surface area contributed by atoms with Gasteiger partial charge in [-0.2, -0.15) is 0 Å². The molecule has 0 aliphatic rings.